The van der Waals surface area contributed by atoms with Crippen LogP contribution in [-0.2, 0) is 22.4 Å². The van der Waals surface area contributed by atoms with E-state index >= 15 is 0 Å². The molecule has 4 rings (SSSR count). The first-order valence-electron chi connectivity index (χ1n) is 8.24. The summed E-state index contributed by atoms with van der Waals surface area (Å²) in [4.78, 5) is 28.1. The van der Waals surface area contributed by atoms with Gasteiger partial charge in [0.25, 0.3) is 0 Å². The predicted molar refractivity (Wildman–Crippen MR) is 112 cm³/mol. The van der Waals surface area contributed by atoms with Gasteiger partial charge in [-0.15, -0.1) is 45.3 Å². The summed E-state index contributed by atoms with van der Waals surface area (Å²) in [7, 11) is 0. The number of carbonyl (C=O) groups excluding carboxylic acids is 2. The molecule has 0 spiro atoms. The molecule has 0 aromatic carbocycles. The van der Waals surface area contributed by atoms with Gasteiger partial charge in [0, 0.05) is 54.0 Å². The molecule has 0 saturated carbocycles. The minimum absolute atomic E-state index is 0. The van der Waals surface area contributed by atoms with E-state index in [1.54, 1.807) is 28.7 Å². The van der Waals surface area contributed by atoms with E-state index in [1.807, 2.05) is 41.1 Å². The third-order valence-electron chi connectivity index (χ3n) is 4.04. The van der Waals surface area contributed by atoms with Gasteiger partial charge in [0.05, 0.1) is 0 Å². The second kappa shape index (κ2) is 11.6. The van der Waals surface area contributed by atoms with Crippen molar-refractivity contribution in [2.75, 3.05) is 0 Å². The van der Waals surface area contributed by atoms with Crippen LogP contribution in [0.4, 0.5) is 0 Å². The normalized spacial score (nSPS) is 10.3. The van der Waals surface area contributed by atoms with Crippen molar-refractivity contribution in [3.05, 3.63) is 58.3 Å². The van der Waals surface area contributed by atoms with Gasteiger partial charge in [-0.2, -0.15) is 0 Å². The van der Waals surface area contributed by atoms with E-state index in [1.165, 1.54) is 22.7 Å². The molecule has 0 atom stereocenters. The molecule has 4 nitrogen and oxygen atoms in total. The number of aliphatic carboxylic acids is 2. The standard InChI is InChI=1S/C20H14O4S4.2Na/c21-17(22)9-11-5-7-26-19(11)14-3-4-15(27-14)20-12(10-18(23)24)8-16(28-20)13-2-1-6-25-13;;/h1-8H,9-10H2,(H,21,22)(H,23,24);;/q;2*+1/p-2. The zero-order valence-electron chi connectivity index (χ0n) is 16.3. The van der Waals surface area contributed by atoms with Gasteiger partial charge >= 0.3 is 59.1 Å². The van der Waals surface area contributed by atoms with Crippen LogP contribution in [0.15, 0.2) is 47.2 Å². The second-order valence-corrected chi connectivity index (χ2v) is 9.98. The zero-order chi connectivity index (χ0) is 19.7. The molecular weight excluding hydrogens is 478 g/mol. The summed E-state index contributed by atoms with van der Waals surface area (Å²) in [6.45, 7) is 0. The molecule has 4 aromatic rings. The van der Waals surface area contributed by atoms with Crippen molar-refractivity contribution >= 4 is 57.3 Å². The van der Waals surface area contributed by atoms with Gasteiger partial charge in [0.15, 0.2) is 0 Å². The molecule has 0 amide bonds. The van der Waals surface area contributed by atoms with Crippen molar-refractivity contribution in [1.82, 2.24) is 0 Å². The fourth-order valence-electron chi connectivity index (χ4n) is 2.89. The maximum atomic E-state index is 11.2. The van der Waals surface area contributed by atoms with E-state index in [9.17, 15) is 19.8 Å². The summed E-state index contributed by atoms with van der Waals surface area (Å²) in [5.74, 6) is -2.21. The monoisotopic (exact) mass is 490 g/mol. The van der Waals surface area contributed by atoms with Gasteiger partial charge in [0.1, 0.15) is 0 Å². The molecule has 10 heteroatoms. The molecule has 4 heterocycles. The number of rotatable bonds is 7. The Hall–Kier alpha value is -0.260. The quantitative estimate of drug-likeness (QED) is 0.269. The molecule has 0 aliphatic carbocycles. The molecule has 0 aliphatic rings. The van der Waals surface area contributed by atoms with E-state index in [4.69, 9.17) is 0 Å². The van der Waals surface area contributed by atoms with Crippen LogP contribution in [0, 0.1) is 0 Å². The van der Waals surface area contributed by atoms with Gasteiger partial charge < -0.3 is 19.8 Å². The third kappa shape index (κ3) is 5.95. The van der Waals surface area contributed by atoms with Crippen molar-refractivity contribution < 1.29 is 78.9 Å². The van der Waals surface area contributed by atoms with Crippen molar-refractivity contribution in [3.63, 3.8) is 0 Å². The van der Waals surface area contributed by atoms with E-state index in [0.29, 0.717) is 0 Å². The van der Waals surface area contributed by atoms with Gasteiger partial charge in [-0.3, -0.25) is 0 Å². The fourth-order valence-corrected chi connectivity index (χ4v) is 7.14. The molecule has 0 N–H and O–H groups in total. The van der Waals surface area contributed by atoms with Crippen LogP contribution in [0.3, 0.4) is 0 Å². The minimum Gasteiger partial charge on any atom is -0.550 e. The van der Waals surface area contributed by atoms with Crippen LogP contribution in [0.5, 0.6) is 0 Å². The summed E-state index contributed by atoms with van der Waals surface area (Å²) in [6, 6.07) is 11.6. The van der Waals surface area contributed by atoms with Crippen LogP contribution >= 0.6 is 45.3 Å². The van der Waals surface area contributed by atoms with Crippen molar-refractivity contribution in [3.8, 4) is 29.3 Å². The first kappa shape index (κ1) is 26.0. The topological polar surface area (TPSA) is 80.3 Å². The predicted octanol–water partition coefficient (Wildman–Crippen LogP) is -2.47. The maximum absolute atomic E-state index is 11.2. The number of carbonyl (C=O) groups is 2. The van der Waals surface area contributed by atoms with Gasteiger partial charge in [-0.05, 0) is 52.2 Å². The summed E-state index contributed by atoms with van der Waals surface area (Å²) >= 11 is 6.21. The van der Waals surface area contributed by atoms with Crippen molar-refractivity contribution in [1.29, 1.82) is 0 Å². The second-order valence-electron chi connectivity index (χ2n) is 5.98. The first-order chi connectivity index (χ1) is 13.5. The van der Waals surface area contributed by atoms with Gasteiger partial charge in [-0.25, -0.2) is 0 Å². The van der Waals surface area contributed by atoms with Crippen LogP contribution in [0.25, 0.3) is 29.3 Å². The molecular formula is C20H12Na2O4S4. The Labute approximate surface area is 233 Å². The largest absolute Gasteiger partial charge is 1.00 e. The van der Waals surface area contributed by atoms with Crippen LogP contribution in [0.2, 0.25) is 0 Å². The maximum Gasteiger partial charge on any atom is 1.00 e. The van der Waals surface area contributed by atoms with Crippen molar-refractivity contribution in [2.24, 2.45) is 0 Å². The summed E-state index contributed by atoms with van der Waals surface area (Å²) in [6.07, 6.45) is -0.261. The zero-order valence-corrected chi connectivity index (χ0v) is 23.6. The Morgan fingerprint density at radius 2 is 1.37 bits per heavy atom. The van der Waals surface area contributed by atoms with Crippen LogP contribution in [0.1, 0.15) is 11.1 Å². The number of hydrogen-bond donors (Lipinski definition) is 0. The van der Waals surface area contributed by atoms with E-state index < -0.39 is 11.9 Å². The Morgan fingerprint density at radius 1 is 0.700 bits per heavy atom. The number of thiophene rings is 4. The molecule has 4 aromatic heterocycles. The summed E-state index contributed by atoms with van der Waals surface area (Å²) < 4.78 is 0. The van der Waals surface area contributed by atoms with Crippen LogP contribution < -0.4 is 69.3 Å². The van der Waals surface area contributed by atoms with E-state index in [-0.39, 0.29) is 72.0 Å². The Morgan fingerprint density at radius 3 is 2.00 bits per heavy atom. The number of carboxylic acids is 2. The molecule has 0 bridgehead atoms. The average molecular weight is 491 g/mol. The molecule has 142 valence electrons. The minimum atomic E-state index is -1.11. The fraction of sp³-hybridized carbons (Fsp3) is 0.100. The summed E-state index contributed by atoms with van der Waals surface area (Å²) in [5, 5.41) is 26.1. The van der Waals surface area contributed by atoms with Gasteiger partial charge in [0.2, 0.25) is 0 Å². The van der Waals surface area contributed by atoms with Gasteiger partial charge in [-0.1, -0.05) is 6.07 Å². The Bertz CT molecular complexity index is 1140. The molecule has 0 radical (unpaired) electrons. The molecule has 30 heavy (non-hydrogen) atoms. The summed E-state index contributed by atoms with van der Waals surface area (Å²) in [5.41, 5.74) is 1.47. The smallest absolute Gasteiger partial charge is 0.550 e. The van der Waals surface area contributed by atoms with Crippen LogP contribution in [-0.4, -0.2) is 11.9 Å². The van der Waals surface area contributed by atoms with E-state index in [2.05, 4.69) is 0 Å². The SMILES string of the molecule is O=C([O-])Cc1ccsc1-c1ccc(-c2sc(-c3cccs3)cc2CC(=O)[O-])s1.[Na+].[Na+]. The Balaban J connectivity index is 0.00000160. The van der Waals surface area contributed by atoms with Crippen molar-refractivity contribution in [2.45, 2.75) is 12.8 Å². The molecule has 0 unspecified atom stereocenters. The Kier molecular flexibility index (Phi) is 10.0. The number of carboxylic acid groups (broad SMARTS) is 2. The first-order valence-corrected chi connectivity index (χ1v) is 11.6. The molecule has 0 aliphatic heterocycles. The molecule has 0 fully saturated rings. The van der Waals surface area contributed by atoms with E-state index in [0.717, 1.165) is 40.4 Å². The third-order valence-corrected chi connectivity index (χ3v) is 8.69. The average Bonchev–Trinajstić information content (AvgIpc) is 3.40. The molecule has 0 saturated heterocycles. The number of hydrogen-bond acceptors (Lipinski definition) is 8.